The van der Waals surface area contributed by atoms with Gasteiger partial charge in [-0.25, -0.2) is 29.9 Å². The molecule has 6 nitrogen and oxygen atoms in total. The lowest BCUT2D eigenvalue weighted by molar-refractivity contribution is 1.17. The van der Waals surface area contributed by atoms with Crippen LogP contribution in [-0.2, 0) is 0 Å². The number of benzene rings is 9. The molecule has 0 radical (unpaired) electrons. The van der Waals surface area contributed by atoms with Crippen LogP contribution in [0.5, 0.6) is 0 Å². The first-order chi connectivity index (χ1) is 38.6. The molecule has 0 unspecified atom stereocenters. The summed E-state index contributed by atoms with van der Waals surface area (Å²) in [5, 5.41) is 0. The molecule has 9 aromatic carbocycles. The largest absolute Gasteiger partial charge is 0.248 e. The van der Waals surface area contributed by atoms with Crippen LogP contribution in [0.3, 0.4) is 0 Å². The molecule has 0 saturated heterocycles. The monoisotopic (exact) mass is 996 g/mol. The summed E-state index contributed by atoms with van der Waals surface area (Å²) in [4.78, 5) is 31.0. The van der Waals surface area contributed by atoms with Crippen LogP contribution in [0.2, 0.25) is 0 Å². The summed E-state index contributed by atoms with van der Waals surface area (Å²) in [6.07, 6.45) is 0. The van der Waals surface area contributed by atoms with E-state index in [4.69, 9.17) is 29.9 Å². The maximum Gasteiger partial charge on any atom is 0.160 e. The fourth-order valence-electron chi connectivity index (χ4n) is 9.82. The van der Waals surface area contributed by atoms with Crippen molar-refractivity contribution in [3.8, 4) is 135 Å². The average Bonchev–Trinajstić information content (AvgIpc) is 3.55. The maximum absolute atomic E-state index is 5.23. The van der Waals surface area contributed by atoms with Crippen molar-refractivity contribution in [1.82, 2.24) is 29.9 Å². The number of hydrogen-bond acceptors (Lipinski definition) is 6. The van der Waals surface area contributed by atoms with E-state index in [1.165, 1.54) is 0 Å². The zero-order chi connectivity index (χ0) is 52.0. The van der Waals surface area contributed by atoms with E-state index in [2.05, 4.69) is 231 Å². The minimum atomic E-state index is 0.622. The van der Waals surface area contributed by atoms with Gasteiger partial charge >= 0.3 is 0 Å². The zero-order valence-corrected chi connectivity index (χ0v) is 42.4. The van der Waals surface area contributed by atoms with Crippen LogP contribution in [0.1, 0.15) is 0 Å². The topological polar surface area (TPSA) is 77.3 Å². The van der Waals surface area contributed by atoms with E-state index >= 15 is 0 Å². The number of nitrogens with zero attached hydrogens (tertiary/aromatic N) is 6. The molecule has 0 spiro atoms. The van der Waals surface area contributed by atoms with Crippen LogP contribution >= 0.6 is 0 Å². The normalized spacial score (nSPS) is 11.1. The molecule has 0 bridgehead atoms. The number of hydrogen-bond donors (Lipinski definition) is 0. The molecule has 0 aliphatic carbocycles. The SMILES string of the molecule is c1ccc(-c2cc(-c3ccc(-c4cc(-c5ccccc5)nc(-c5ccc(-c6nc(-c7ccccc7)cc(-c7ccc(-c8cc(-c9ccccc9)nc(-c9ccccc9)c8)cc7)n6)cc5)n4)cc3)cc(-c3ccccc3)n2)cc1. The highest BCUT2D eigenvalue weighted by Crippen LogP contribution is 2.36. The molecule has 13 aromatic rings. The summed E-state index contributed by atoms with van der Waals surface area (Å²) >= 11 is 0. The molecule has 0 fully saturated rings. The van der Waals surface area contributed by atoms with Gasteiger partial charge in [-0.15, -0.1) is 0 Å². The molecular weight excluding hydrogens is 949 g/mol. The third-order valence-corrected chi connectivity index (χ3v) is 13.9. The smallest absolute Gasteiger partial charge is 0.160 e. The van der Waals surface area contributed by atoms with Crippen LogP contribution < -0.4 is 0 Å². The molecule has 366 valence electrons. The van der Waals surface area contributed by atoms with Gasteiger partial charge in [0, 0.05) is 55.6 Å². The molecule has 0 aliphatic heterocycles. The van der Waals surface area contributed by atoms with Gasteiger partial charge in [-0.2, -0.15) is 0 Å². The van der Waals surface area contributed by atoms with Crippen molar-refractivity contribution in [2.75, 3.05) is 0 Å². The zero-order valence-electron chi connectivity index (χ0n) is 42.4. The Labute approximate surface area is 453 Å². The van der Waals surface area contributed by atoms with E-state index in [0.717, 1.165) is 123 Å². The van der Waals surface area contributed by atoms with Gasteiger partial charge in [0.05, 0.1) is 45.6 Å². The van der Waals surface area contributed by atoms with Gasteiger partial charge in [0.2, 0.25) is 0 Å². The molecule has 0 amide bonds. The Morgan fingerprint density at radius 1 is 0.128 bits per heavy atom. The molecule has 4 aromatic heterocycles. The van der Waals surface area contributed by atoms with Gasteiger partial charge in [0.1, 0.15) is 0 Å². The maximum atomic E-state index is 5.23. The molecule has 0 atom stereocenters. The van der Waals surface area contributed by atoms with E-state index in [9.17, 15) is 0 Å². The van der Waals surface area contributed by atoms with Crippen LogP contribution in [0.15, 0.2) is 291 Å². The minimum Gasteiger partial charge on any atom is -0.248 e. The Kier molecular flexibility index (Phi) is 12.9. The molecular formula is C72H48N6. The lowest BCUT2D eigenvalue weighted by atomic mass is 9.98. The van der Waals surface area contributed by atoms with Crippen LogP contribution in [0.25, 0.3) is 135 Å². The molecule has 4 heterocycles. The first kappa shape index (κ1) is 47.2. The molecule has 0 aliphatic rings. The van der Waals surface area contributed by atoms with Crippen molar-refractivity contribution in [3.63, 3.8) is 0 Å². The first-order valence-corrected chi connectivity index (χ1v) is 26.1. The molecule has 13 rings (SSSR count). The minimum absolute atomic E-state index is 0.622. The lowest BCUT2D eigenvalue weighted by Crippen LogP contribution is -1.97. The Balaban J connectivity index is 0.833. The van der Waals surface area contributed by atoms with Crippen LogP contribution in [0.4, 0.5) is 0 Å². The van der Waals surface area contributed by atoms with Crippen molar-refractivity contribution in [2.24, 2.45) is 0 Å². The molecule has 78 heavy (non-hydrogen) atoms. The highest BCUT2D eigenvalue weighted by molar-refractivity contribution is 5.82. The van der Waals surface area contributed by atoms with E-state index in [-0.39, 0.29) is 0 Å². The summed E-state index contributed by atoms with van der Waals surface area (Å²) < 4.78 is 0. The standard InChI is InChI=1S/C72H48N6/c1-7-19-51(20-8-1)63-43-61(44-64(73-63)52-21-9-2-10-22-52)49-31-35-57(36-32-49)69-47-67(55-27-15-5-16-28-55)75-71(77-69)59-39-41-60(42-40-59)72-76-68(56-29-17-6-18-30-56)48-70(78-72)58-37-33-50(34-38-58)62-45-65(53-23-11-3-12-24-53)74-66(46-62)54-25-13-4-14-26-54/h1-48H. The van der Waals surface area contributed by atoms with Gasteiger partial charge < -0.3 is 0 Å². The summed E-state index contributed by atoms with van der Waals surface area (Å²) in [6, 6.07) is 100. The number of aromatic nitrogens is 6. The Morgan fingerprint density at radius 3 is 0.538 bits per heavy atom. The van der Waals surface area contributed by atoms with Gasteiger partial charge in [0.25, 0.3) is 0 Å². The average molecular weight is 997 g/mol. The third kappa shape index (κ3) is 10.2. The van der Waals surface area contributed by atoms with Crippen molar-refractivity contribution < 1.29 is 0 Å². The van der Waals surface area contributed by atoms with E-state index in [1.54, 1.807) is 0 Å². The highest BCUT2D eigenvalue weighted by Gasteiger charge is 2.16. The van der Waals surface area contributed by atoms with Crippen molar-refractivity contribution >= 4 is 0 Å². The van der Waals surface area contributed by atoms with E-state index < -0.39 is 0 Å². The number of pyridine rings is 2. The van der Waals surface area contributed by atoms with Gasteiger partial charge in [-0.05, 0) is 58.7 Å². The van der Waals surface area contributed by atoms with Gasteiger partial charge in [0.15, 0.2) is 11.6 Å². The second-order valence-electron chi connectivity index (χ2n) is 19.1. The van der Waals surface area contributed by atoms with Crippen molar-refractivity contribution in [3.05, 3.63) is 291 Å². The summed E-state index contributed by atoms with van der Waals surface area (Å²) in [7, 11) is 0. The van der Waals surface area contributed by atoms with Gasteiger partial charge in [-0.3, -0.25) is 0 Å². The van der Waals surface area contributed by atoms with E-state index in [0.29, 0.717) is 11.6 Å². The first-order valence-electron chi connectivity index (χ1n) is 26.1. The van der Waals surface area contributed by atoms with E-state index in [1.807, 2.05) is 60.7 Å². The fourth-order valence-corrected chi connectivity index (χ4v) is 9.82. The third-order valence-electron chi connectivity index (χ3n) is 13.9. The molecule has 6 heteroatoms. The molecule has 0 N–H and O–H groups in total. The highest BCUT2D eigenvalue weighted by atomic mass is 14.9. The lowest BCUT2D eigenvalue weighted by Gasteiger charge is -2.13. The Hall–Kier alpha value is -10.6. The summed E-state index contributed by atoms with van der Waals surface area (Å²) in [5.41, 5.74) is 21.4. The summed E-state index contributed by atoms with van der Waals surface area (Å²) in [5.74, 6) is 1.24. The van der Waals surface area contributed by atoms with Crippen molar-refractivity contribution in [2.45, 2.75) is 0 Å². The number of rotatable bonds is 12. The predicted molar refractivity (Wildman–Crippen MR) is 318 cm³/mol. The summed E-state index contributed by atoms with van der Waals surface area (Å²) in [6.45, 7) is 0. The van der Waals surface area contributed by atoms with Crippen molar-refractivity contribution in [1.29, 1.82) is 0 Å². The van der Waals surface area contributed by atoms with Gasteiger partial charge in [-0.1, -0.05) is 255 Å². The second-order valence-corrected chi connectivity index (χ2v) is 19.1. The van der Waals surface area contributed by atoms with Crippen LogP contribution in [-0.4, -0.2) is 29.9 Å². The van der Waals surface area contributed by atoms with Crippen LogP contribution in [0, 0.1) is 0 Å². The quantitative estimate of drug-likeness (QED) is 0.121. The molecule has 0 saturated carbocycles. The second kappa shape index (κ2) is 21.4. The predicted octanol–water partition coefficient (Wildman–Crippen LogP) is 18.1. The fraction of sp³-hybridized carbons (Fsp3) is 0. The Bertz CT molecular complexity index is 3790. The Morgan fingerprint density at radius 2 is 0.308 bits per heavy atom.